The smallest absolute Gasteiger partial charge is 0.123 e. The molecule has 0 heterocycles. The predicted octanol–water partition coefficient (Wildman–Crippen LogP) is 3.19. The first-order valence-corrected chi connectivity index (χ1v) is 7.62. The molecule has 1 fully saturated rings. The van der Waals surface area contributed by atoms with Gasteiger partial charge >= 0.3 is 0 Å². The molecule has 1 aromatic rings. The van der Waals surface area contributed by atoms with Crippen LogP contribution >= 0.6 is 0 Å². The molecule has 1 saturated carbocycles. The average Bonchev–Trinajstić information content (AvgIpc) is 2.50. The molecule has 21 heavy (non-hydrogen) atoms. The summed E-state index contributed by atoms with van der Waals surface area (Å²) in [5.41, 5.74) is 4.13. The van der Waals surface area contributed by atoms with E-state index in [0.29, 0.717) is 5.41 Å². The molecule has 2 rings (SSSR count). The van der Waals surface area contributed by atoms with Crippen molar-refractivity contribution in [1.29, 1.82) is 0 Å². The summed E-state index contributed by atoms with van der Waals surface area (Å²) in [6, 6.07) is 7.94. The molecule has 0 saturated heterocycles. The van der Waals surface area contributed by atoms with Gasteiger partial charge in [0.25, 0.3) is 0 Å². The Morgan fingerprint density at radius 2 is 1.71 bits per heavy atom. The summed E-state index contributed by atoms with van der Waals surface area (Å²) in [4.78, 5) is 0. The summed E-state index contributed by atoms with van der Waals surface area (Å²) >= 11 is 0. The van der Waals surface area contributed by atoms with Gasteiger partial charge < -0.3 is 9.47 Å². The highest BCUT2D eigenvalue weighted by molar-refractivity contribution is 5.37. The van der Waals surface area contributed by atoms with Gasteiger partial charge in [0.2, 0.25) is 0 Å². The van der Waals surface area contributed by atoms with Crippen molar-refractivity contribution in [2.75, 3.05) is 14.2 Å². The van der Waals surface area contributed by atoms with Gasteiger partial charge in [-0.2, -0.15) is 0 Å². The van der Waals surface area contributed by atoms with E-state index >= 15 is 0 Å². The van der Waals surface area contributed by atoms with Crippen molar-refractivity contribution in [2.45, 2.75) is 51.2 Å². The van der Waals surface area contributed by atoms with Crippen LogP contribution in [0.2, 0.25) is 0 Å². The fourth-order valence-corrected chi connectivity index (χ4v) is 3.39. The average molecular weight is 292 g/mol. The highest BCUT2D eigenvalue weighted by atomic mass is 16.5. The van der Waals surface area contributed by atoms with Crippen LogP contribution in [0, 0.1) is 5.41 Å². The minimum Gasteiger partial charge on any atom is -0.496 e. The standard InChI is InChI=1S/C17H28N2O2/c1-16(2)9-11-17(21-4,12-10-16)15(19-18)13-7-5-6-8-14(13)20-3/h5-8,15,19H,9-12,18H2,1-4H3. The largest absolute Gasteiger partial charge is 0.496 e. The Morgan fingerprint density at radius 3 is 2.24 bits per heavy atom. The number of ether oxygens (including phenoxy) is 2. The fourth-order valence-electron chi connectivity index (χ4n) is 3.39. The second-order valence-corrected chi connectivity index (χ2v) is 6.77. The van der Waals surface area contributed by atoms with Gasteiger partial charge in [-0.25, -0.2) is 5.43 Å². The number of nitrogens with one attached hydrogen (secondary N) is 1. The third-order valence-corrected chi connectivity index (χ3v) is 5.00. The van der Waals surface area contributed by atoms with Crippen molar-refractivity contribution in [3.63, 3.8) is 0 Å². The number of rotatable bonds is 5. The third kappa shape index (κ3) is 3.23. The molecule has 0 spiro atoms. The maximum absolute atomic E-state index is 5.98. The number of hydrazine groups is 1. The number of nitrogens with two attached hydrogens (primary N) is 1. The highest BCUT2D eigenvalue weighted by Crippen LogP contribution is 2.48. The lowest BCUT2D eigenvalue weighted by Gasteiger charge is -2.47. The molecule has 0 radical (unpaired) electrons. The van der Waals surface area contributed by atoms with Gasteiger partial charge in [-0.3, -0.25) is 5.84 Å². The van der Waals surface area contributed by atoms with Crippen LogP contribution in [0.4, 0.5) is 0 Å². The van der Waals surface area contributed by atoms with E-state index in [9.17, 15) is 0 Å². The highest BCUT2D eigenvalue weighted by Gasteiger charge is 2.45. The van der Waals surface area contributed by atoms with E-state index in [-0.39, 0.29) is 11.6 Å². The van der Waals surface area contributed by atoms with E-state index in [4.69, 9.17) is 15.3 Å². The van der Waals surface area contributed by atoms with E-state index in [1.165, 1.54) is 0 Å². The molecular formula is C17H28N2O2. The molecular weight excluding hydrogens is 264 g/mol. The van der Waals surface area contributed by atoms with Crippen LogP contribution in [-0.4, -0.2) is 19.8 Å². The first kappa shape index (κ1) is 16.3. The first-order valence-electron chi connectivity index (χ1n) is 7.62. The molecule has 4 nitrogen and oxygen atoms in total. The molecule has 1 aliphatic carbocycles. The summed E-state index contributed by atoms with van der Waals surface area (Å²) in [6.45, 7) is 4.64. The van der Waals surface area contributed by atoms with Crippen LogP contribution in [0.1, 0.15) is 51.1 Å². The Hall–Kier alpha value is -1.10. The number of methoxy groups -OCH3 is 2. The van der Waals surface area contributed by atoms with Gasteiger partial charge in [0.1, 0.15) is 5.75 Å². The predicted molar refractivity (Wildman–Crippen MR) is 85.0 cm³/mol. The molecule has 0 bridgehead atoms. The number of benzene rings is 1. The summed E-state index contributed by atoms with van der Waals surface area (Å²) in [5.74, 6) is 6.75. The molecule has 0 aliphatic heterocycles. The summed E-state index contributed by atoms with van der Waals surface area (Å²) in [6.07, 6.45) is 4.25. The first-order chi connectivity index (χ1) is 9.98. The quantitative estimate of drug-likeness (QED) is 0.646. The lowest BCUT2D eigenvalue weighted by molar-refractivity contribution is -0.0880. The van der Waals surface area contributed by atoms with Gasteiger partial charge in [-0.15, -0.1) is 0 Å². The van der Waals surface area contributed by atoms with E-state index in [0.717, 1.165) is 37.0 Å². The van der Waals surface area contributed by atoms with E-state index in [2.05, 4.69) is 25.3 Å². The lowest BCUT2D eigenvalue weighted by Crippen LogP contribution is -2.51. The molecule has 4 heteroatoms. The fraction of sp³-hybridized carbons (Fsp3) is 0.647. The normalized spacial score (nSPS) is 21.8. The van der Waals surface area contributed by atoms with E-state index in [1.807, 2.05) is 18.2 Å². The monoisotopic (exact) mass is 292 g/mol. The summed E-state index contributed by atoms with van der Waals surface area (Å²) in [5, 5.41) is 0. The number of hydrogen-bond acceptors (Lipinski definition) is 4. The van der Waals surface area contributed by atoms with Crippen molar-refractivity contribution in [1.82, 2.24) is 5.43 Å². The van der Waals surface area contributed by atoms with Crippen molar-refractivity contribution in [3.8, 4) is 5.75 Å². The van der Waals surface area contributed by atoms with Crippen molar-refractivity contribution in [3.05, 3.63) is 29.8 Å². The Bertz CT molecular complexity index is 464. The van der Waals surface area contributed by atoms with Gasteiger partial charge in [0.05, 0.1) is 18.8 Å². The minimum absolute atomic E-state index is 0.0743. The Labute approximate surface area is 128 Å². The van der Waals surface area contributed by atoms with Crippen LogP contribution in [0.3, 0.4) is 0 Å². The second kappa shape index (κ2) is 6.34. The molecule has 1 aromatic carbocycles. The zero-order chi connectivity index (χ0) is 15.5. The Balaban J connectivity index is 2.34. The Morgan fingerprint density at radius 1 is 1.10 bits per heavy atom. The Kier molecular flexibility index (Phi) is 4.91. The van der Waals surface area contributed by atoms with Crippen molar-refractivity contribution < 1.29 is 9.47 Å². The molecule has 1 aliphatic rings. The topological polar surface area (TPSA) is 56.5 Å². The van der Waals surface area contributed by atoms with Crippen LogP contribution in [0.15, 0.2) is 24.3 Å². The van der Waals surface area contributed by atoms with Gasteiger partial charge in [-0.1, -0.05) is 32.0 Å². The molecule has 3 N–H and O–H groups in total. The second-order valence-electron chi connectivity index (χ2n) is 6.77. The maximum atomic E-state index is 5.98. The molecule has 0 amide bonds. The number of para-hydroxylation sites is 1. The lowest BCUT2D eigenvalue weighted by atomic mass is 9.67. The van der Waals surface area contributed by atoms with E-state index < -0.39 is 0 Å². The summed E-state index contributed by atoms with van der Waals surface area (Å²) < 4.78 is 11.5. The van der Waals surface area contributed by atoms with Crippen LogP contribution in [0.25, 0.3) is 0 Å². The van der Waals surface area contributed by atoms with Crippen LogP contribution < -0.4 is 16.0 Å². The van der Waals surface area contributed by atoms with Gasteiger partial charge in [0, 0.05) is 12.7 Å². The van der Waals surface area contributed by atoms with E-state index in [1.54, 1.807) is 14.2 Å². The van der Waals surface area contributed by atoms with Crippen LogP contribution in [-0.2, 0) is 4.74 Å². The summed E-state index contributed by atoms with van der Waals surface area (Å²) in [7, 11) is 3.48. The molecule has 1 atom stereocenters. The minimum atomic E-state index is -0.279. The zero-order valence-electron chi connectivity index (χ0n) is 13.6. The SMILES string of the molecule is COc1ccccc1C(NN)C1(OC)CCC(C)(C)CC1. The number of hydrogen-bond donors (Lipinski definition) is 2. The van der Waals surface area contributed by atoms with Crippen LogP contribution in [0.5, 0.6) is 5.75 Å². The molecule has 0 aromatic heterocycles. The van der Waals surface area contributed by atoms with Gasteiger partial charge in [0.15, 0.2) is 0 Å². The van der Waals surface area contributed by atoms with Crippen molar-refractivity contribution in [2.24, 2.45) is 11.3 Å². The molecule has 1 unspecified atom stereocenters. The maximum Gasteiger partial charge on any atom is 0.123 e. The third-order valence-electron chi connectivity index (χ3n) is 5.00. The van der Waals surface area contributed by atoms with Gasteiger partial charge in [-0.05, 0) is 37.2 Å². The zero-order valence-corrected chi connectivity index (χ0v) is 13.6. The molecule has 118 valence electrons. The van der Waals surface area contributed by atoms with Crippen molar-refractivity contribution >= 4 is 0 Å².